The summed E-state index contributed by atoms with van der Waals surface area (Å²) in [7, 11) is 0.171. The molecule has 0 unspecified atom stereocenters. The SMILES string of the molecule is CC(=O)N(CCC(=O)NCCc1ccc(S(N)(=O)=O)cc1)CCN(C)C. The molecule has 0 spiro atoms. The van der Waals surface area contributed by atoms with Gasteiger partial charge in [0.1, 0.15) is 0 Å². The molecule has 1 aromatic rings. The summed E-state index contributed by atoms with van der Waals surface area (Å²) in [5.41, 5.74) is 0.897. The van der Waals surface area contributed by atoms with Gasteiger partial charge in [-0.15, -0.1) is 0 Å². The number of nitrogens with zero attached hydrogens (tertiary/aromatic N) is 2. The third-order valence-corrected chi connectivity index (χ3v) is 4.79. The van der Waals surface area contributed by atoms with Gasteiger partial charge in [0.05, 0.1) is 4.90 Å². The Labute approximate surface area is 155 Å². The number of carbonyl (C=O) groups excluding carboxylic acids is 2. The first-order valence-corrected chi connectivity index (χ1v) is 9.93. The highest BCUT2D eigenvalue weighted by atomic mass is 32.2. The molecule has 8 nitrogen and oxygen atoms in total. The Hall–Kier alpha value is -1.97. The summed E-state index contributed by atoms with van der Waals surface area (Å²) in [6.07, 6.45) is 0.824. The summed E-state index contributed by atoms with van der Waals surface area (Å²) in [5, 5.41) is 7.85. The summed E-state index contributed by atoms with van der Waals surface area (Å²) < 4.78 is 22.4. The Kier molecular flexibility index (Phi) is 8.70. The standard InChI is InChI=1S/C17H28N4O4S/c1-14(22)21(13-12-20(2)3)11-9-17(23)19-10-8-15-4-6-16(7-5-15)26(18,24)25/h4-7H,8-13H2,1-3H3,(H,19,23)(H2,18,24,25). The minimum absolute atomic E-state index is 0.0467. The molecule has 0 aliphatic heterocycles. The van der Waals surface area contributed by atoms with Crippen LogP contribution in [0.15, 0.2) is 29.2 Å². The molecule has 0 aliphatic rings. The number of amides is 2. The highest BCUT2D eigenvalue weighted by Gasteiger charge is 2.11. The van der Waals surface area contributed by atoms with Crippen LogP contribution in [0.3, 0.4) is 0 Å². The molecule has 3 N–H and O–H groups in total. The van der Waals surface area contributed by atoms with Crippen LogP contribution in [0.25, 0.3) is 0 Å². The molecular formula is C17H28N4O4S. The lowest BCUT2D eigenvalue weighted by atomic mass is 10.1. The molecule has 1 aromatic carbocycles. The van der Waals surface area contributed by atoms with Gasteiger partial charge in [-0.25, -0.2) is 13.6 Å². The molecule has 0 bridgehead atoms. The summed E-state index contributed by atoms with van der Waals surface area (Å²) >= 11 is 0. The summed E-state index contributed by atoms with van der Waals surface area (Å²) in [5.74, 6) is -0.170. The zero-order valence-corrected chi connectivity index (χ0v) is 16.4. The van der Waals surface area contributed by atoms with Crippen molar-refractivity contribution in [2.24, 2.45) is 5.14 Å². The quantitative estimate of drug-likeness (QED) is 0.580. The van der Waals surface area contributed by atoms with E-state index in [0.717, 1.165) is 12.1 Å². The second kappa shape index (κ2) is 10.2. The van der Waals surface area contributed by atoms with Crippen molar-refractivity contribution in [1.29, 1.82) is 0 Å². The highest BCUT2D eigenvalue weighted by molar-refractivity contribution is 7.89. The first kappa shape index (κ1) is 22.1. The highest BCUT2D eigenvalue weighted by Crippen LogP contribution is 2.08. The van der Waals surface area contributed by atoms with Crippen LogP contribution in [0.2, 0.25) is 0 Å². The smallest absolute Gasteiger partial charge is 0.238 e. The van der Waals surface area contributed by atoms with Crippen LogP contribution >= 0.6 is 0 Å². The molecule has 0 heterocycles. The van der Waals surface area contributed by atoms with Gasteiger partial charge in [0.2, 0.25) is 21.8 Å². The Bertz CT molecular complexity index is 702. The summed E-state index contributed by atoms with van der Waals surface area (Å²) in [6, 6.07) is 6.24. The average molecular weight is 385 g/mol. The van der Waals surface area contributed by atoms with Gasteiger partial charge in [-0.1, -0.05) is 12.1 Å². The minimum atomic E-state index is -3.69. The topological polar surface area (TPSA) is 113 Å². The molecule has 146 valence electrons. The molecule has 0 atom stereocenters. The third-order valence-electron chi connectivity index (χ3n) is 3.86. The number of carbonyl (C=O) groups is 2. The van der Waals surface area contributed by atoms with Crippen LogP contribution < -0.4 is 10.5 Å². The number of hydrogen-bond donors (Lipinski definition) is 2. The molecule has 1 rings (SSSR count). The van der Waals surface area contributed by atoms with E-state index in [2.05, 4.69) is 5.32 Å². The van der Waals surface area contributed by atoms with Crippen LogP contribution in [0.1, 0.15) is 18.9 Å². The fourth-order valence-corrected chi connectivity index (χ4v) is 2.78. The molecule has 0 saturated carbocycles. The van der Waals surface area contributed by atoms with Crippen LogP contribution in [-0.4, -0.2) is 70.3 Å². The van der Waals surface area contributed by atoms with E-state index in [1.165, 1.54) is 19.1 Å². The second-order valence-corrected chi connectivity index (χ2v) is 7.91. The van der Waals surface area contributed by atoms with Crippen molar-refractivity contribution < 1.29 is 18.0 Å². The van der Waals surface area contributed by atoms with Gasteiger partial charge < -0.3 is 15.1 Å². The molecule has 0 aliphatic carbocycles. The van der Waals surface area contributed by atoms with Gasteiger partial charge in [-0.05, 0) is 38.2 Å². The van der Waals surface area contributed by atoms with Crippen LogP contribution in [0.4, 0.5) is 0 Å². The molecule has 0 saturated heterocycles. The van der Waals surface area contributed by atoms with Crippen molar-refractivity contribution in [1.82, 2.24) is 15.1 Å². The number of benzene rings is 1. The Morgan fingerprint density at radius 1 is 1.08 bits per heavy atom. The lowest BCUT2D eigenvalue weighted by Crippen LogP contribution is -2.38. The van der Waals surface area contributed by atoms with Crippen LogP contribution in [0, 0.1) is 0 Å². The van der Waals surface area contributed by atoms with E-state index in [9.17, 15) is 18.0 Å². The van der Waals surface area contributed by atoms with Crippen molar-refractivity contribution in [3.8, 4) is 0 Å². The first-order chi connectivity index (χ1) is 12.1. The van der Waals surface area contributed by atoms with E-state index >= 15 is 0 Å². The van der Waals surface area contributed by atoms with Crippen molar-refractivity contribution >= 4 is 21.8 Å². The Morgan fingerprint density at radius 3 is 2.19 bits per heavy atom. The Balaban J connectivity index is 2.36. The van der Waals surface area contributed by atoms with Crippen molar-refractivity contribution in [2.45, 2.75) is 24.7 Å². The van der Waals surface area contributed by atoms with Crippen molar-refractivity contribution in [2.75, 3.05) is 40.3 Å². The zero-order valence-electron chi connectivity index (χ0n) is 15.6. The second-order valence-electron chi connectivity index (χ2n) is 6.35. The van der Waals surface area contributed by atoms with Gasteiger partial charge in [0.15, 0.2) is 0 Å². The summed E-state index contributed by atoms with van der Waals surface area (Å²) in [4.78, 5) is 27.2. The fourth-order valence-electron chi connectivity index (χ4n) is 2.26. The number of sulfonamides is 1. The van der Waals surface area contributed by atoms with E-state index in [-0.39, 0.29) is 23.1 Å². The van der Waals surface area contributed by atoms with Gasteiger partial charge in [-0.3, -0.25) is 9.59 Å². The van der Waals surface area contributed by atoms with Gasteiger partial charge in [-0.2, -0.15) is 0 Å². The molecular weight excluding hydrogens is 356 g/mol. The zero-order chi connectivity index (χ0) is 19.7. The maximum atomic E-state index is 11.9. The molecule has 0 radical (unpaired) electrons. The first-order valence-electron chi connectivity index (χ1n) is 8.38. The number of likely N-dealkylation sites (N-methyl/N-ethyl adjacent to an activating group) is 1. The monoisotopic (exact) mass is 384 g/mol. The fraction of sp³-hybridized carbons (Fsp3) is 0.529. The van der Waals surface area contributed by atoms with E-state index in [4.69, 9.17) is 5.14 Å². The van der Waals surface area contributed by atoms with E-state index in [1.54, 1.807) is 17.0 Å². The predicted molar refractivity (Wildman–Crippen MR) is 100.0 cm³/mol. The normalized spacial score (nSPS) is 11.4. The number of rotatable bonds is 10. The van der Waals surface area contributed by atoms with Crippen LogP contribution in [-0.2, 0) is 26.0 Å². The van der Waals surface area contributed by atoms with Crippen molar-refractivity contribution in [3.05, 3.63) is 29.8 Å². The number of hydrogen-bond acceptors (Lipinski definition) is 5. The third kappa shape index (κ3) is 8.41. The van der Waals surface area contributed by atoms with Gasteiger partial charge in [0.25, 0.3) is 0 Å². The largest absolute Gasteiger partial charge is 0.356 e. The molecule has 2 amide bonds. The van der Waals surface area contributed by atoms with E-state index < -0.39 is 10.0 Å². The van der Waals surface area contributed by atoms with E-state index in [1.807, 2.05) is 19.0 Å². The maximum absolute atomic E-state index is 11.9. The number of nitrogens with two attached hydrogens (primary N) is 1. The molecule has 9 heteroatoms. The average Bonchev–Trinajstić information content (AvgIpc) is 2.53. The lowest BCUT2D eigenvalue weighted by Gasteiger charge is -2.22. The molecule has 0 fully saturated rings. The molecule has 0 aromatic heterocycles. The van der Waals surface area contributed by atoms with Crippen molar-refractivity contribution in [3.63, 3.8) is 0 Å². The minimum Gasteiger partial charge on any atom is -0.356 e. The lowest BCUT2D eigenvalue weighted by molar-refractivity contribution is -0.129. The van der Waals surface area contributed by atoms with Gasteiger partial charge >= 0.3 is 0 Å². The Morgan fingerprint density at radius 2 is 1.69 bits per heavy atom. The number of primary sulfonamides is 1. The summed E-state index contributed by atoms with van der Waals surface area (Å²) in [6.45, 7) is 3.66. The maximum Gasteiger partial charge on any atom is 0.238 e. The number of nitrogens with one attached hydrogen (secondary N) is 1. The van der Waals surface area contributed by atoms with Gasteiger partial charge in [0, 0.05) is 39.5 Å². The predicted octanol–water partition coefficient (Wildman–Crippen LogP) is -0.207. The van der Waals surface area contributed by atoms with Crippen LogP contribution in [0.5, 0.6) is 0 Å². The van der Waals surface area contributed by atoms with E-state index in [0.29, 0.717) is 26.1 Å². The molecule has 26 heavy (non-hydrogen) atoms.